The number of amides is 2. The van der Waals surface area contributed by atoms with E-state index < -0.39 is 12.0 Å². The molecule has 33 heavy (non-hydrogen) atoms. The predicted molar refractivity (Wildman–Crippen MR) is 128 cm³/mol. The molecule has 2 aromatic rings. The van der Waals surface area contributed by atoms with Crippen LogP contribution in [0.5, 0.6) is 5.75 Å². The van der Waals surface area contributed by atoms with E-state index in [9.17, 15) is 14.4 Å². The Kier molecular flexibility index (Phi) is 10.4. The molecular weight excluding hydrogens is 420 g/mol. The Morgan fingerprint density at radius 3 is 2.12 bits per heavy atom. The average Bonchev–Trinajstić information content (AvgIpc) is 2.77. The molecular formula is C26H34N2O5. The summed E-state index contributed by atoms with van der Waals surface area (Å²) < 4.78 is 10.5. The molecule has 0 spiro atoms. The van der Waals surface area contributed by atoms with Gasteiger partial charge in [0.1, 0.15) is 18.4 Å². The van der Waals surface area contributed by atoms with Crippen molar-refractivity contribution in [3.63, 3.8) is 0 Å². The zero-order valence-electron chi connectivity index (χ0n) is 19.8. The smallest absolute Gasteiger partial charge is 0.328 e. The molecule has 7 heteroatoms. The summed E-state index contributed by atoms with van der Waals surface area (Å²) >= 11 is 0. The highest BCUT2D eigenvalue weighted by Crippen LogP contribution is 2.18. The summed E-state index contributed by atoms with van der Waals surface area (Å²) in [4.78, 5) is 36.6. The third kappa shape index (κ3) is 9.76. The van der Waals surface area contributed by atoms with E-state index >= 15 is 0 Å². The molecule has 0 aliphatic rings. The molecule has 0 saturated carbocycles. The van der Waals surface area contributed by atoms with Gasteiger partial charge in [-0.15, -0.1) is 0 Å². The Hall–Kier alpha value is -3.35. The van der Waals surface area contributed by atoms with Crippen molar-refractivity contribution in [2.24, 2.45) is 11.8 Å². The number of carbonyl (C=O) groups is 3. The number of hydrogen-bond donors (Lipinski definition) is 2. The quantitative estimate of drug-likeness (QED) is 0.466. The zero-order chi connectivity index (χ0) is 24.2. The van der Waals surface area contributed by atoms with E-state index in [2.05, 4.69) is 10.6 Å². The van der Waals surface area contributed by atoms with Crippen molar-refractivity contribution in [2.75, 3.05) is 12.4 Å². The van der Waals surface area contributed by atoms with Crippen LogP contribution in [0.2, 0.25) is 0 Å². The second kappa shape index (κ2) is 13.3. The van der Waals surface area contributed by atoms with Gasteiger partial charge in [-0.2, -0.15) is 0 Å². The van der Waals surface area contributed by atoms with Crippen LogP contribution in [0, 0.1) is 11.8 Å². The first-order chi connectivity index (χ1) is 15.8. The minimum Gasteiger partial charge on any atom is -0.489 e. The largest absolute Gasteiger partial charge is 0.489 e. The van der Waals surface area contributed by atoms with E-state index in [0.29, 0.717) is 24.5 Å². The lowest BCUT2D eigenvalue weighted by Gasteiger charge is -2.19. The van der Waals surface area contributed by atoms with Gasteiger partial charge in [-0.1, -0.05) is 51.1 Å². The van der Waals surface area contributed by atoms with Crippen molar-refractivity contribution in [3.8, 4) is 5.75 Å². The minimum absolute atomic E-state index is 0.144. The highest BCUT2D eigenvalue weighted by atomic mass is 16.5. The Balaban J connectivity index is 1.77. The predicted octanol–water partition coefficient (Wildman–Crippen LogP) is 4.32. The molecule has 0 aliphatic carbocycles. The second-order valence-electron chi connectivity index (χ2n) is 8.63. The number of esters is 1. The van der Waals surface area contributed by atoms with Gasteiger partial charge in [-0.3, -0.25) is 9.59 Å². The van der Waals surface area contributed by atoms with Gasteiger partial charge in [0.2, 0.25) is 11.8 Å². The molecule has 0 bridgehead atoms. The van der Waals surface area contributed by atoms with Gasteiger partial charge in [-0.05, 0) is 48.1 Å². The molecule has 2 aromatic carbocycles. The van der Waals surface area contributed by atoms with Crippen molar-refractivity contribution in [1.29, 1.82) is 0 Å². The molecule has 0 aliphatic heterocycles. The molecule has 178 valence electrons. The topological polar surface area (TPSA) is 93.7 Å². The average molecular weight is 455 g/mol. The van der Waals surface area contributed by atoms with Gasteiger partial charge in [0.05, 0.1) is 7.11 Å². The lowest BCUT2D eigenvalue weighted by Crippen LogP contribution is -2.42. The fraction of sp³-hybridized carbons (Fsp3) is 0.423. The summed E-state index contributed by atoms with van der Waals surface area (Å²) in [5.41, 5.74) is 1.74. The van der Waals surface area contributed by atoms with Gasteiger partial charge in [-0.25, -0.2) is 4.79 Å². The van der Waals surface area contributed by atoms with Crippen LogP contribution in [0.1, 0.15) is 45.6 Å². The zero-order valence-corrected chi connectivity index (χ0v) is 19.8. The van der Waals surface area contributed by atoms with Crippen LogP contribution < -0.4 is 15.4 Å². The van der Waals surface area contributed by atoms with E-state index in [0.717, 1.165) is 5.56 Å². The van der Waals surface area contributed by atoms with Crippen LogP contribution in [0.15, 0.2) is 54.6 Å². The molecule has 2 amide bonds. The molecule has 0 radical (unpaired) electrons. The number of benzene rings is 2. The number of rotatable bonds is 12. The van der Waals surface area contributed by atoms with Crippen LogP contribution >= 0.6 is 0 Å². The summed E-state index contributed by atoms with van der Waals surface area (Å²) in [5, 5.41) is 5.56. The Morgan fingerprint density at radius 2 is 1.52 bits per heavy atom. The number of ether oxygens (including phenoxy) is 2. The van der Waals surface area contributed by atoms with E-state index in [1.165, 1.54) is 7.11 Å². The summed E-state index contributed by atoms with van der Waals surface area (Å²) in [6.45, 7) is 6.24. The Bertz CT molecular complexity index is 897. The number of carbonyl (C=O) groups excluding carboxylic acids is 3. The first-order valence-corrected chi connectivity index (χ1v) is 11.2. The maximum atomic E-state index is 12.4. The van der Waals surface area contributed by atoms with Crippen molar-refractivity contribution >= 4 is 23.5 Å². The maximum Gasteiger partial charge on any atom is 0.328 e. The van der Waals surface area contributed by atoms with Gasteiger partial charge >= 0.3 is 5.97 Å². The lowest BCUT2D eigenvalue weighted by molar-refractivity contribution is -0.145. The molecule has 2 N–H and O–H groups in total. The normalized spacial score (nSPS) is 12.5. The number of anilines is 1. The molecule has 0 saturated heterocycles. The van der Waals surface area contributed by atoms with E-state index in [-0.39, 0.29) is 36.5 Å². The first kappa shape index (κ1) is 25.9. The second-order valence-corrected chi connectivity index (χ2v) is 8.63. The summed E-state index contributed by atoms with van der Waals surface area (Å²) in [7, 11) is 1.30. The van der Waals surface area contributed by atoms with Crippen LogP contribution in [0.3, 0.4) is 0 Å². The van der Waals surface area contributed by atoms with Crippen molar-refractivity contribution in [1.82, 2.24) is 5.32 Å². The third-order valence-electron chi connectivity index (χ3n) is 4.98. The lowest BCUT2D eigenvalue weighted by atomic mass is 10.0. The van der Waals surface area contributed by atoms with E-state index in [1.807, 2.05) is 51.1 Å². The summed E-state index contributed by atoms with van der Waals surface area (Å²) in [5.74, 6) is -0.156. The monoisotopic (exact) mass is 454 g/mol. The van der Waals surface area contributed by atoms with Crippen LogP contribution in [0.25, 0.3) is 0 Å². The molecule has 7 nitrogen and oxygen atoms in total. The third-order valence-corrected chi connectivity index (χ3v) is 4.98. The molecule has 2 rings (SSSR count). The van der Waals surface area contributed by atoms with Crippen LogP contribution in [0.4, 0.5) is 5.69 Å². The van der Waals surface area contributed by atoms with Gasteiger partial charge < -0.3 is 20.1 Å². The maximum absolute atomic E-state index is 12.4. The summed E-state index contributed by atoms with van der Waals surface area (Å²) in [6.07, 6.45) is 0.830. The number of nitrogens with one attached hydrogen (secondary N) is 2. The molecule has 2 unspecified atom stereocenters. The molecule has 0 fully saturated rings. The first-order valence-electron chi connectivity index (χ1n) is 11.2. The van der Waals surface area contributed by atoms with Crippen LogP contribution in [-0.2, 0) is 25.7 Å². The Labute approximate surface area is 195 Å². The van der Waals surface area contributed by atoms with Crippen molar-refractivity contribution in [2.45, 2.75) is 52.7 Å². The van der Waals surface area contributed by atoms with Crippen molar-refractivity contribution < 1.29 is 23.9 Å². The Morgan fingerprint density at radius 1 is 0.879 bits per heavy atom. The van der Waals surface area contributed by atoms with E-state index in [1.54, 1.807) is 24.3 Å². The molecule has 0 aromatic heterocycles. The van der Waals surface area contributed by atoms with Crippen LogP contribution in [-0.4, -0.2) is 30.9 Å². The fourth-order valence-electron chi connectivity index (χ4n) is 3.37. The minimum atomic E-state index is -0.675. The van der Waals surface area contributed by atoms with E-state index in [4.69, 9.17) is 9.47 Å². The van der Waals surface area contributed by atoms with Gasteiger partial charge in [0.15, 0.2) is 0 Å². The SMILES string of the molecule is COC(=O)C(CC(C)C)NC(=O)CC(C)CC(=O)Nc1ccc(OCc2ccccc2)cc1. The molecule has 2 atom stereocenters. The number of methoxy groups -OCH3 is 1. The van der Waals surface area contributed by atoms with Crippen molar-refractivity contribution in [3.05, 3.63) is 60.2 Å². The van der Waals surface area contributed by atoms with Gasteiger partial charge in [0.25, 0.3) is 0 Å². The molecule has 0 heterocycles. The summed E-state index contributed by atoms with van der Waals surface area (Å²) in [6, 6.07) is 16.4. The highest BCUT2D eigenvalue weighted by molar-refractivity contribution is 5.91. The van der Waals surface area contributed by atoms with Gasteiger partial charge in [0, 0.05) is 18.5 Å². The highest BCUT2D eigenvalue weighted by Gasteiger charge is 2.23. The standard InChI is InChI=1S/C26H34N2O5/c1-18(2)14-23(26(31)32-4)28-25(30)16-19(3)15-24(29)27-21-10-12-22(13-11-21)33-17-20-8-6-5-7-9-20/h5-13,18-19,23H,14-17H2,1-4H3,(H,27,29)(H,28,30). The fourth-order valence-corrected chi connectivity index (χ4v) is 3.37. The number of hydrogen-bond acceptors (Lipinski definition) is 5.